The highest BCUT2D eigenvalue weighted by Crippen LogP contribution is 2.23. The van der Waals surface area contributed by atoms with Gasteiger partial charge in [0.05, 0.1) is 23.9 Å². The van der Waals surface area contributed by atoms with Crippen LogP contribution in [0, 0.1) is 5.82 Å². The summed E-state index contributed by atoms with van der Waals surface area (Å²) in [6, 6.07) is 4.88. The van der Waals surface area contributed by atoms with Gasteiger partial charge in [0.2, 0.25) is 0 Å². The number of carbonyl (C=O) groups is 2. The Morgan fingerprint density at radius 3 is 2.61 bits per heavy atom. The predicted octanol–water partition coefficient (Wildman–Crippen LogP) is 2.49. The van der Waals surface area contributed by atoms with Crippen molar-refractivity contribution >= 4 is 29.1 Å². The summed E-state index contributed by atoms with van der Waals surface area (Å²) >= 11 is 5.80. The SMILES string of the molecule is CNC(=O)c1cnc(Cl)cc1NC(=O)c1cc(F)ccc1OC. The van der Waals surface area contributed by atoms with Gasteiger partial charge in [-0.05, 0) is 24.3 Å². The number of pyridine rings is 1. The molecule has 0 saturated carbocycles. The lowest BCUT2D eigenvalue weighted by Crippen LogP contribution is -2.22. The average Bonchev–Trinajstić information content (AvgIpc) is 2.54. The summed E-state index contributed by atoms with van der Waals surface area (Å²) in [7, 11) is 2.81. The minimum Gasteiger partial charge on any atom is -0.496 e. The number of rotatable bonds is 4. The number of nitrogens with one attached hydrogen (secondary N) is 2. The van der Waals surface area contributed by atoms with Gasteiger partial charge in [-0.1, -0.05) is 11.6 Å². The van der Waals surface area contributed by atoms with Crippen LogP contribution in [0.15, 0.2) is 30.5 Å². The average molecular weight is 338 g/mol. The predicted molar refractivity (Wildman–Crippen MR) is 83.5 cm³/mol. The zero-order valence-corrected chi connectivity index (χ0v) is 13.1. The van der Waals surface area contributed by atoms with Crippen molar-refractivity contribution in [3.8, 4) is 5.75 Å². The largest absolute Gasteiger partial charge is 0.496 e. The Kier molecular flexibility index (Phi) is 5.13. The Labute approximate surface area is 136 Å². The lowest BCUT2D eigenvalue weighted by Gasteiger charge is -2.12. The van der Waals surface area contributed by atoms with Crippen molar-refractivity contribution in [3.63, 3.8) is 0 Å². The lowest BCUT2D eigenvalue weighted by molar-refractivity contribution is 0.0963. The smallest absolute Gasteiger partial charge is 0.259 e. The Bertz CT molecular complexity index is 768. The third kappa shape index (κ3) is 3.75. The maximum atomic E-state index is 13.4. The van der Waals surface area contributed by atoms with E-state index in [0.717, 1.165) is 6.07 Å². The van der Waals surface area contributed by atoms with Crippen LogP contribution in [0.25, 0.3) is 0 Å². The van der Waals surface area contributed by atoms with E-state index in [2.05, 4.69) is 15.6 Å². The number of anilines is 1. The highest BCUT2D eigenvalue weighted by molar-refractivity contribution is 6.30. The number of hydrogen-bond acceptors (Lipinski definition) is 4. The Hall–Kier alpha value is -2.67. The van der Waals surface area contributed by atoms with Crippen molar-refractivity contribution in [3.05, 3.63) is 52.6 Å². The van der Waals surface area contributed by atoms with Crippen LogP contribution in [0.5, 0.6) is 5.75 Å². The fourth-order valence-electron chi connectivity index (χ4n) is 1.90. The van der Waals surface area contributed by atoms with Gasteiger partial charge in [0.15, 0.2) is 0 Å². The molecule has 2 N–H and O–H groups in total. The molecule has 0 radical (unpaired) electrons. The molecule has 23 heavy (non-hydrogen) atoms. The number of ether oxygens (including phenoxy) is 1. The molecule has 0 fully saturated rings. The summed E-state index contributed by atoms with van der Waals surface area (Å²) in [5, 5.41) is 5.04. The molecule has 6 nitrogen and oxygen atoms in total. The molecular weight excluding hydrogens is 325 g/mol. The van der Waals surface area contributed by atoms with Gasteiger partial charge >= 0.3 is 0 Å². The number of hydrogen-bond donors (Lipinski definition) is 2. The van der Waals surface area contributed by atoms with Crippen molar-refractivity contribution in [2.75, 3.05) is 19.5 Å². The number of amides is 2. The first-order chi connectivity index (χ1) is 11.0. The van der Waals surface area contributed by atoms with Gasteiger partial charge < -0.3 is 15.4 Å². The minimum absolute atomic E-state index is 0.0108. The molecule has 8 heteroatoms. The van der Waals surface area contributed by atoms with Crippen LogP contribution in [0.4, 0.5) is 10.1 Å². The van der Waals surface area contributed by atoms with Crippen molar-refractivity contribution in [1.82, 2.24) is 10.3 Å². The molecule has 0 unspecified atom stereocenters. The van der Waals surface area contributed by atoms with Gasteiger partial charge in [-0.15, -0.1) is 0 Å². The molecule has 0 spiro atoms. The summed E-state index contributed by atoms with van der Waals surface area (Å²) in [6.07, 6.45) is 1.24. The number of benzene rings is 1. The Balaban J connectivity index is 2.39. The third-order valence-electron chi connectivity index (χ3n) is 3.00. The number of methoxy groups -OCH3 is 1. The van der Waals surface area contributed by atoms with Crippen molar-refractivity contribution in [2.45, 2.75) is 0 Å². The normalized spacial score (nSPS) is 10.1. The van der Waals surface area contributed by atoms with Gasteiger partial charge in [0.25, 0.3) is 11.8 Å². The maximum Gasteiger partial charge on any atom is 0.259 e. The topological polar surface area (TPSA) is 80.3 Å². The van der Waals surface area contributed by atoms with Gasteiger partial charge in [0.1, 0.15) is 16.7 Å². The first-order valence-corrected chi connectivity index (χ1v) is 6.86. The molecule has 0 atom stereocenters. The summed E-state index contributed by atoms with van der Waals surface area (Å²) in [4.78, 5) is 28.0. The molecule has 2 amide bonds. The van der Waals surface area contributed by atoms with Crippen LogP contribution in [-0.4, -0.2) is 31.0 Å². The zero-order chi connectivity index (χ0) is 17.0. The van der Waals surface area contributed by atoms with Gasteiger partial charge in [-0.25, -0.2) is 9.37 Å². The second-order valence-electron chi connectivity index (χ2n) is 4.43. The molecule has 0 aliphatic rings. The van der Waals surface area contributed by atoms with Crippen molar-refractivity contribution < 1.29 is 18.7 Å². The maximum absolute atomic E-state index is 13.4. The summed E-state index contributed by atoms with van der Waals surface area (Å²) in [5.41, 5.74) is 0.268. The molecule has 0 aliphatic heterocycles. The second-order valence-corrected chi connectivity index (χ2v) is 4.82. The molecule has 120 valence electrons. The Morgan fingerprint density at radius 1 is 1.22 bits per heavy atom. The van der Waals surface area contributed by atoms with E-state index in [1.807, 2.05) is 0 Å². The van der Waals surface area contributed by atoms with Crippen LogP contribution >= 0.6 is 11.6 Å². The van der Waals surface area contributed by atoms with E-state index in [-0.39, 0.29) is 27.7 Å². The van der Waals surface area contributed by atoms with Crippen LogP contribution in [0.2, 0.25) is 5.15 Å². The van der Waals surface area contributed by atoms with Gasteiger partial charge in [-0.3, -0.25) is 9.59 Å². The van der Waals surface area contributed by atoms with Crippen LogP contribution in [-0.2, 0) is 0 Å². The highest BCUT2D eigenvalue weighted by atomic mass is 35.5. The monoisotopic (exact) mass is 337 g/mol. The van der Waals surface area contributed by atoms with E-state index in [9.17, 15) is 14.0 Å². The minimum atomic E-state index is -0.645. The standard InChI is InChI=1S/C15H13ClFN3O3/c1-18-14(21)10-7-19-13(16)6-11(10)20-15(22)9-5-8(17)3-4-12(9)23-2/h3-7H,1-2H3,(H,18,21)(H,19,20,22). The number of carbonyl (C=O) groups excluding carboxylic acids is 2. The molecule has 0 bridgehead atoms. The number of halogens is 2. The second kappa shape index (κ2) is 7.06. The molecule has 1 aromatic heterocycles. The first-order valence-electron chi connectivity index (χ1n) is 6.48. The molecule has 0 saturated heterocycles. The molecule has 2 rings (SSSR count). The third-order valence-corrected chi connectivity index (χ3v) is 3.20. The summed E-state index contributed by atoms with van der Waals surface area (Å²) < 4.78 is 18.4. The van der Waals surface area contributed by atoms with E-state index >= 15 is 0 Å². The molecular formula is C15H13ClFN3O3. The molecule has 2 aromatic rings. The summed E-state index contributed by atoms with van der Waals surface area (Å²) in [5.74, 6) is -1.48. The fraction of sp³-hybridized carbons (Fsp3) is 0.133. The quantitative estimate of drug-likeness (QED) is 0.840. The van der Waals surface area contributed by atoms with Crippen molar-refractivity contribution in [2.24, 2.45) is 0 Å². The Morgan fingerprint density at radius 2 is 1.96 bits per heavy atom. The number of aromatic nitrogens is 1. The van der Waals surface area contributed by atoms with Gasteiger partial charge in [0, 0.05) is 13.2 Å². The van der Waals surface area contributed by atoms with E-state index in [0.29, 0.717) is 0 Å². The van der Waals surface area contributed by atoms with Crippen LogP contribution < -0.4 is 15.4 Å². The molecule has 0 aliphatic carbocycles. The van der Waals surface area contributed by atoms with E-state index in [4.69, 9.17) is 16.3 Å². The van der Waals surface area contributed by atoms with E-state index in [1.165, 1.54) is 38.6 Å². The molecule has 1 heterocycles. The van der Waals surface area contributed by atoms with Crippen LogP contribution in [0.3, 0.4) is 0 Å². The van der Waals surface area contributed by atoms with Gasteiger partial charge in [-0.2, -0.15) is 0 Å². The number of nitrogens with zero attached hydrogens (tertiary/aromatic N) is 1. The summed E-state index contributed by atoms with van der Waals surface area (Å²) in [6.45, 7) is 0. The van der Waals surface area contributed by atoms with E-state index in [1.54, 1.807) is 0 Å². The van der Waals surface area contributed by atoms with Crippen LogP contribution in [0.1, 0.15) is 20.7 Å². The fourth-order valence-corrected chi connectivity index (χ4v) is 2.05. The first kappa shape index (κ1) is 16.7. The highest BCUT2D eigenvalue weighted by Gasteiger charge is 2.18. The lowest BCUT2D eigenvalue weighted by atomic mass is 10.1. The van der Waals surface area contributed by atoms with E-state index < -0.39 is 17.6 Å². The molecule has 1 aromatic carbocycles. The zero-order valence-electron chi connectivity index (χ0n) is 12.3. The van der Waals surface area contributed by atoms with Crippen molar-refractivity contribution in [1.29, 1.82) is 0 Å².